The van der Waals surface area contributed by atoms with E-state index in [4.69, 9.17) is 9.72 Å². The number of anilines is 2. The first-order valence-corrected chi connectivity index (χ1v) is 28.1. The van der Waals surface area contributed by atoms with Crippen molar-refractivity contribution in [3.05, 3.63) is 252 Å². The number of fused-ring (bicyclic) bond motifs is 3. The molecule has 0 saturated heterocycles. The van der Waals surface area contributed by atoms with Crippen LogP contribution in [0, 0.1) is 0 Å². The number of pyridine rings is 1. The van der Waals surface area contributed by atoms with Crippen molar-refractivity contribution in [3.63, 3.8) is 0 Å². The molecule has 5 nitrogen and oxygen atoms in total. The van der Waals surface area contributed by atoms with Gasteiger partial charge in [0.05, 0.1) is 29.1 Å². The average Bonchev–Trinajstić information content (AvgIpc) is 4.26. The molecule has 10 aromatic rings. The van der Waals surface area contributed by atoms with Crippen LogP contribution in [0.15, 0.2) is 224 Å². The van der Waals surface area contributed by atoms with E-state index in [1.807, 2.05) is 6.20 Å². The highest BCUT2D eigenvalue weighted by molar-refractivity contribution is 6.10. The molecule has 0 amide bonds. The summed E-state index contributed by atoms with van der Waals surface area (Å²) in [6, 6.07) is 75.6. The van der Waals surface area contributed by atoms with E-state index in [2.05, 4.69) is 311 Å². The number of allylic oxidation sites excluding steroid dienone is 2. The fraction of sp³-hybridized carbons (Fsp3) is 0.257. The van der Waals surface area contributed by atoms with Gasteiger partial charge in [-0.2, -0.15) is 0 Å². The first kappa shape index (κ1) is 52.9. The molecule has 0 fully saturated rings. The molecule has 0 bridgehead atoms. The molecule has 8 aromatic carbocycles. The van der Waals surface area contributed by atoms with Crippen molar-refractivity contribution in [1.82, 2.24) is 9.55 Å². The maximum absolute atomic E-state index is 7.29. The molecule has 0 N–H and O–H groups in total. The van der Waals surface area contributed by atoms with Gasteiger partial charge in [-0.1, -0.05) is 223 Å². The molecule has 3 heterocycles. The minimum absolute atomic E-state index is 0.0572. The summed E-state index contributed by atoms with van der Waals surface area (Å²) in [5, 5.41) is 2.31. The second-order valence-electron chi connectivity index (χ2n) is 25.9. The van der Waals surface area contributed by atoms with Crippen molar-refractivity contribution < 1.29 is 4.74 Å². The minimum Gasteiger partial charge on any atom is -0.457 e. The third-order valence-electron chi connectivity index (χ3n) is 16.4. The fourth-order valence-corrected chi connectivity index (χ4v) is 11.7. The van der Waals surface area contributed by atoms with Crippen LogP contribution < -0.4 is 14.5 Å². The predicted octanol–water partition coefficient (Wildman–Crippen LogP) is 19.6. The van der Waals surface area contributed by atoms with Crippen LogP contribution in [0.3, 0.4) is 0 Å². The van der Waals surface area contributed by atoms with Gasteiger partial charge in [0, 0.05) is 51.3 Å². The Morgan fingerprint density at radius 1 is 0.354 bits per heavy atom. The standard InChI is InChI=1S/C74H76N4O/c1-70(2,3)56-38-39-75-67(46-56)78-65-37-34-52(50-26-18-14-19-27-50)42-64(65)63-36-35-61(48-66(63)78)79-62-45-58(72(7,8)9)44-60(47-62)77-49-76(59-41-53(51-28-20-15-21-29-51)40-57(43-59)71(4,5)6)68(73(10,11)54-30-22-16-23-31-54)69(77)74(12,13)55-32-24-17-25-33-55/h14-48H,49H2,1-13H3. The van der Waals surface area contributed by atoms with Crippen LogP contribution in [0.2, 0.25) is 0 Å². The van der Waals surface area contributed by atoms with Crippen molar-refractivity contribution in [2.24, 2.45) is 0 Å². The van der Waals surface area contributed by atoms with Gasteiger partial charge in [0.15, 0.2) is 0 Å². The van der Waals surface area contributed by atoms with E-state index in [0.717, 1.165) is 39.4 Å². The normalized spacial score (nSPS) is 13.7. The monoisotopic (exact) mass is 1040 g/mol. The van der Waals surface area contributed by atoms with Gasteiger partial charge in [-0.3, -0.25) is 4.57 Å². The Balaban J connectivity index is 1.12. The van der Waals surface area contributed by atoms with Crippen LogP contribution in [0.25, 0.3) is 49.9 Å². The van der Waals surface area contributed by atoms with Crippen LogP contribution in [0.4, 0.5) is 11.4 Å². The lowest BCUT2D eigenvalue weighted by atomic mass is 9.73. The highest BCUT2D eigenvalue weighted by Gasteiger charge is 2.47. The van der Waals surface area contributed by atoms with Gasteiger partial charge in [-0.05, 0) is 127 Å². The first-order valence-electron chi connectivity index (χ1n) is 28.1. The summed E-state index contributed by atoms with van der Waals surface area (Å²) < 4.78 is 9.60. The highest BCUT2D eigenvalue weighted by Crippen LogP contribution is 2.52. The molecule has 398 valence electrons. The number of ether oxygens (including phenoxy) is 1. The summed E-state index contributed by atoms with van der Waals surface area (Å²) in [7, 11) is 0. The number of nitrogens with zero attached hydrogens (tertiary/aromatic N) is 4. The van der Waals surface area contributed by atoms with Gasteiger partial charge in [0.1, 0.15) is 17.3 Å². The summed E-state index contributed by atoms with van der Waals surface area (Å²) in [5.74, 6) is 2.42. The number of hydrogen-bond acceptors (Lipinski definition) is 4. The van der Waals surface area contributed by atoms with Gasteiger partial charge < -0.3 is 14.5 Å². The van der Waals surface area contributed by atoms with Crippen molar-refractivity contribution in [2.75, 3.05) is 16.5 Å². The average molecular weight is 1040 g/mol. The lowest BCUT2D eigenvalue weighted by Crippen LogP contribution is -2.35. The van der Waals surface area contributed by atoms with Gasteiger partial charge in [0.2, 0.25) is 0 Å². The molecule has 2 aromatic heterocycles. The third-order valence-corrected chi connectivity index (χ3v) is 16.4. The smallest absolute Gasteiger partial charge is 0.137 e. The minimum atomic E-state index is -0.461. The molecule has 11 rings (SSSR count). The highest BCUT2D eigenvalue weighted by atomic mass is 16.5. The summed E-state index contributed by atoms with van der Waals surface area (Å²) in [4.78, 5) is 10.3. The van der Waals surface area contributed by atoms with E-state index < -0.39 is 10.8 Å². The molecule has 0 atom stereocenters. The van der Waals surface area contributed by atoms with Crippen LogP contribution in [-0.2, 0) is 27.1 Å². The molecule has 0 saturated carbocycles. The fourth-order valence-electron chi connectivity index (χ4n) is 11.7. The number of hydrogen-bond donors (Lipinski definition) is 0. The third kappa shape index (κ3) is 10.2. The molecule has 0 radical (unpaired) electrons. The Morgan fingerprint density at radius 3 is 1.41 bits per heavy atom. The maximum Gasteiger partial charge on any atom is 0.137 e. The number of rotatable bonds is 11. The van der Waals surface area contributed by atoms with Gasteiger partial charge >= 0.3 is 0 Å². The van der Waals surface area contributed by atoms with Crippen LogP contribution in [0.1, 0.15) is 118 Å². The van der Waals surface area contributed by atoms with Gasteiger partial charge in [-0.15, -0.1) is 0 Å². The van der Waals surface area contributed by atoms with E-state index in [9.17, 15) is 0 Å². The summed E-state index contributed by atoms with van der Waals surface area (Å²) in [5.41, 5.74) is 16.6. The van der Waals surface area contributed by atoms with E-state index >= 15 is 0 Å². The van der Waals surface area contributed by atoms with Crippen molar-refractivity contribution >= 4 is 33.2 Å². The van der Waals surface area contributed by atoms with Gasteiger partial charge in [0.25, 0.3) is 0 Å². The second kappa shape index (κ2) is 19.9. The van der Waals surface area contributed by atoms with Crippen LogP contribution in [0.5, 0.6) is 11.5 Å². The van der Waals surface area contributed by atoms with Crippen molar-refractivity contribution in [1.29, 1.82) is 0 Å². The van der Waals surface area contributed by atoms with Crippen molar-refractivity contribution in [2.45, 2.75) is 117 Å². The quantitative estimate of drug-likeness (QED) is 0.129. The van der Waals surface area contributed by atoms with E-state index in [1.165, 1.54) is 72.5 Å². The molecule has 5 heteroatoms. The second-order valence-corrected chi connectivity index (χ2v) is 25.9. The molecule has 79 heavy (non-hydrogen) atoms. The topological polar surface area (TPSA) is 33.5 Å². The SMILES string of the molecule is CC(C)(C)c1cc(Oc2ccc3c4cc(-c5ccccc5)ccc4n(-c4cc(C(C)(C)C)ccn4)c3c2)cc(N2CN(c3cc(-c4ccccc4)cc(C(C)(C)C)c3)C(C(C)(C)c3ccccc3)=C2C(C)(C)c2ccccc2)c1. The van der Waals surface area contributed by atoms with Crippen LogP contribution >= 0.6 is 0 Å². The molecule has 0 spiro atoms. The largest absolute Gasteiger partial charge is 0.457 e. The Hall–Kier alpha value is -8.15. The lowest BCUT2D eigenvalue weighted by Gasteiger charge is -2.38. The molecule has 0 unspecified atom stereocenters. The number of benzene rings is 8. The molecular weight excluding hydrogens is 961 g/mol. The molecule has 0 aliphatic carbocycles. The maximum atomic E-state index is 7.29. The predicted molar refractivity (Wildman–Crippen MR) is 334 cm³/mol. The Kier molecular flexibility index (Phi) is 13.4. The molecular formula is C74H76N4O. The Bertz CT molecular complexity index is 3880. The van der Waals surface area contributed by atoms with Crippen molar-refractivity contribution in [3.8, 4) is 39.6 Å². The number of aromatic nitrogens is 2. The zero-order chi connectivity index (χ0) is 55.6. The Morgan fingerprint density at radius 2 is 0.861 bits per heavy atom. The van der Waals surface area contributed by atoms with Crippen LogP contribution in [-0.4, -0.2) is 16.2 Å². The van der Waals surface area contributed by atoms with E-state index in [-0.39, 0.29) is 16.2 Å². The first-order chi connectivity index (χ1) is 37.6. The van der Waals surface area contributed by atoms with E-state index in [1.54, 1.807) is 0 Å². The summed E-state index contributed by atoms with van der Waals surface area (Å²) in [6.07, 6.45) is 1.95. The van der Waals surface area contributed by atoms with E-state index in [0.29, 0.717) is 6.67 Å². The Labute approximate surface area is 469 Å². The zero-order valence-corrected chi connectivity index (χ0v) is 48.6. The molecule has 1 aliphatic rings. The molecule has 1 aliphatic heterocycles. The van der Waals surface area contributed by atoms with Gasteiger partial charge in [-0.25, -0.2) is 4.98 Å². The lowest BCUT2D eigenvalue weighted by molar-refractivity contribution is 0.479. The summed E-state index contributed by atoms with van der Waals surface area (Å²) >= 11 is 0. The zero-order valence-electron chi connectivity index (χ0n) is 48.6. The summed E-state index contributed by atoms with van der Waals surface area (Å²) in [6.45, 7) is 30.9.